The Hall–Kier alpha value is -1.19. The Morgan fingerprint density at radius 1 is 1.20 bits per heavy atom. The minimum atomic E-state index is -0.105. The van der Waals surface area contributed by atoms with Crippen LogP contribution in [-0.4, -0.2) is 4.98 Å². The van der Waals surface area contributed by atoms with Gasteiger partial charge in [0.1, 0.15) is 5.01 Å². The van der Waals surface area contributed by atoms with Gasteiger partial charge in [-0.3, -0.25) is 0 Å². The van der Waals surface area contributed by atoms with E-state index in [-0.39, 0.29) is 6.04 Å². The maximum atomic E-state index is 6.35. The maximum absolute atomic E-state index is 6.35. The molecule has 2 nitrogen and oxygen atoms in total. The zero-order valence-corrected chi connectivity index (χ0v) is 13.6. The Bertz CT molecular complexity index is 555. The first-order chi connectivity index (χ1) is 9.51. The van der Waals surface area contributed by atoms with Crippen LogP contribution in [0.3, 0.4) is 0 Å². The van der Waals surface area contributed by atoms with E-state index in [1.807, 2.05) is 0 Å². The standard InChI is InChI=1S/C17H24N2S/c1-5-15-12(4)20-17(19-15)16(18)14-8-6-13(7-9-14)10-11(2)3/h6-9,11,16H,5,10,18H2,1-4H3. The molecule has 1 unspecified atom stereocenters. The highest BCUT2D eigenvalue weighted by Crippen LogP contribution is 2.27. The fourth-order valence-electron chi connectivity index (χ4n) is 2.39. The zero-order chi connectivity index (χ0) is 14.7. The van der Waals surface area contributed by atoms with E-state index in [9.17, 15) is 0 Å². The number of benzene rings is 1. The molecule has 3 heteroatoms. The van der Waals surface area contributed by atoms with Gasteiger partial charge in [-0.05, 0) is 36.8 Å². The summed E-state index contributed by atoms with van der Waals surface area (Å²) in [4.78, 5) is 5.96. The topological polar surface area (TPSA) is 38.9 Å². The lowest BCUT2D eigenvalue weighted by atomic mass is 10.00. The number of nitrogens with zero attached hydrogens (tertiary/aromatic N) is 1. The molecule has 108 valence electrons. The molecular weight excluding hydrogens is 264 g/mol. The highest BCUT2D eigenvalue weighted by molar-refractivity contribution is 7.11. The Balaban J connectivity index is 2.17. The monoisotopic (exact) mass is 288 g/mol. The van der Waals surface area contributed by atoms with Gasteiger partial charge in [0, 0.05) is 4.88 Å². The minimum Gasteiger partial charge on any atom is -0.318 e. The van der Waals surface area contributed by atoms with Crippen LogP contribution >= 0.6 is 11.3 Å². The van der Waals surface area contributed by atoms with Crippen molar-refractivity contribution in [2.24, 2.45) is 11.7 Å². The molecule has 1 atom stereocenters. The summed E-state index contributed by atoms with van der Waals surface area (Å²) in [6, 6.07) is 8.56. The van der Waals surface area contributed by atoms with Crippen LogP contribution in [0.15, 0.2) is 24.3 Å². The highest BCUT2D eigenvalue weighted by atomic mass is 32.1. The molecule has 2 N–H and O–H groups in total. The van der Waals surface area contributed by atoms with Crippen LogP contribution in [-0.2, 0) is 12.8 Å². The van der Waals surface area contributed by atoms with Crippen LogP contribution in [0.4, 0.5) is 0 Å². The molecule has 0 saturated carbocycles. The summed E-state index contributed by atoms with van der Waals surface area (Å²) < 4.78 is 0. The molecule has 0 bridgehead atoms. The summed E-state index contributed by atoms with van der Waals surface area (Å²) in [6.45, 7) is 8.74. The predicted molar refractivity (Wildman–Crippen MR) is 87.2 cm³/mol. The number of aromatic nitrogens is 1. The van der Waals surface area contributed by atoms with Crippen molar-refractivity contribution in [3.8, 4) is 0 Å². The summed E-state index contributed by atoms with van der Waals surface area (Å²) in [5.74, 6) is 0.684. The van der Waals surface area contributed by atoms with E-state index in [1.165, 1.54) is 16.1 Å². The zero-order valence-electron chi connectivity index (χ0n) is 12.8. The van der Waals surface area contributed by atoms with E-state index in [1.54, 1.807) is 11.3 Å². The fourth-order valence-corrected chi connectivity index (χ4v) is 3.43. The van der Waals surface area contributed by atoms with Crippen LogP contribution in [0.5, 0.6) is 0 Å². The van der Waals surface area contributed by atoms with Crippen molar-refractivity contribution in [2.45, 2.75) is 46.6 Å². The van der Waals surface area contributed by atoms with E-state index in [2.05, 4.69) is 56.9 Å². The minimum absolute atomic E-state index is 0.105. The summed E-state index contributed by atoms with van der Waals surface area (Å²) in [6.07, 6.45) is 2.09. The van der Waals surface area contributed by atoms with Crippen LogP contribution in [0.2, 0.25) is 0 Å². The third kappa shape index (κ3) is 3.47. The van der Waals surface area contributed by atoms with Gasteiger partial charge in [0.25, 0.3) is 0 Å². The number of hydrogen-bond donors (Lipinski definition) is 1. The average molecular weight is 288 g/mol. The second-order valence-electron chi connectivity index (χ2n) is 5.73. The van der Waals surface area contributed by atoms with Gasteiger partial charge in [-0.1, -0.05) is 45.0 Å². The summed E-state index contributed by atoms with van der Waals surface area (Å²) in [7, 11) is 0. The Morgan fingerprint density at radius 2 is 1.85 bits per heavy atom. The number of hydrogen-bond acceptors (Lipinski definition) is 3. The van der Waals surface area contributed by atoms with Gasteiger partial charge in [0.05, 0.1) is 11.7 Å². The molecule has 0 aliphatic heterocycles. The molecule has 1 aromatic heterocycles. The van der Waals surface area contributed by atoms with E-state index in [0.29, 0.717) is 5.92 Å². The largest absolute Gasteiger partial charge is 0.318 e. The van der Waals surface area contributed by atoms with Gasteiger partial charge in [-0.15, -0.1) is 11.3 Å². The van der Waals surface area contributed by atoms with Crippen LogP contribution in [0, 0.1) is 12.8 Å². The Morgan fingerprint density at radius 3 is 2.35 bits per heavy atom. The van der Waals surface area contributed by atoms with E-state index < -0.39 is 0 Å². The lowest BCUT2D eigenvalue weighted by Crippen LogP contribution is -2.11. The lowest BCUT2D eigenvalue weighted by Gasteiger charge is -2.11. The average Bonchev–Trinajstić information content (AvgIpc) is 2.79. The lowest BCUT2D eigenvalue weighted by molar-refractivity contribution is 0.647. The fraction of sp³-hybridized carbons (Fsp3) is 0.471. The number of thiazole rings is 1. The van der Waals surface area contributed by atoms with Crippen LogP contribution in [0.1, 0.15) is 53.5 Å². The predicted octanol–water partition coefficient (Wildman–Crippen LogP) is 4.26. The summed E-state index contributed by atoms with van der Waals surface area (Å²) in [5, 5.41) is 1.02. The molecule has 0 aliphatic rings. The van der Waals surface area contributed by atoms with E-state index in [4.69, 9.17) is 5.73 Å². The molecule has 0 aliphatic carbocycles. The molecule has 1 aromatic carbocycles. The quantitative estimate of drug-likeness (QED) is 0.892. The third-order valence-corrected chi connectivity index (χ3v) is 4.59. The second-order valence-corrected chi connectivity index (χ2v) is 6.96. The van der Waals surface area contributed by atoms with Crippen molar-refractivity contribution >= 4 is 11.3 Å². The SMILES string of the molecule is CCc1nc(C(N)c2ccc(CC(C)C)cc2)sc1C. The van der Waals surface area contributed by atoms with Crippen molar-refractivity contribution in [1.29, 1.82) is 0 Å². The molecule has 0 amide bonds. The smallest absolute Gasteiger partial charge is 0.114 e. The first kappa shape index (κ1) is 15.2. The molecule has 2 rings (SSSR count). The molecule has 0 saturated heterocycles. The van der Waals surface area contributed by atoms with Gasteiger partial charge in [0.2, 0.25) is 0 Å². The van der Waals surface area contributed by atoms with Crippen LogP contribution in [0.25, 0.3) is 0 Å². The Kier molecular flexibility index (Phi) is 4.95. The van der Waals surface area contributed by atoms with Gasteiger partial charge < -0.3 is 5.73 Å². The first-order valence-electron chi connectivity index (χ1n) is 7.31. The van der Waals surface area contributed by atoms with Gasteiger partial charge in [-0.25, -0.2) is 4.98 Å². The number of rotatable bonds is 5. The van der Waals surface area contributed by atoms with E-state index in [0.717, 1.165) is 23.4 Å². The molecule has 20 heavy (non-hydrogen) atoms. The molecule has 0 spiro atoms. The number of nitrogens with two attached hydrogens (primary N) is 1. The normalized spacial score (nSPS) is 12.9. The Labute approximate surface area is 126 Å². The molecule has 2 aromatic rings. The maximum Gasteiger partial charge on any atom is 0.114 e. The van der Waals surface area contributed by atoms with Gasteiger partial charge in [0.15, 0.2) is 0 Å². The van der Waals surface area contributed by atoms with Crippen molar-refractivity contribution in [1.82, 2.24) is 4.98 Å². The second kappa shape index (κ2) is 6.51. The van der Waals surface area contributed by atoms with E-state index >= 15 is 0 Å². The molecular formula is C17H24N2S. The van der Waals surface area contributed by atoms with Crippen molar-refractivity contribution < 1.29 is 0 Å². The third-order valence-electron chi connectivity index (χ3n) is 3.49. The molecule has 1 heterocycles. The van der Waals surface area contributed by atoms with Gasteiger partial charge >= 0.3 is 0 Å². The van der Waals surface area contributed by atoms with Crippen molar-refractivity contribution in [3.05, 3.63) is 51.0 Å². The molecule has 0 radical (unpaired) electrons. The number of aryl methyl sites for hydroxylation is 2. The van der Waals surface area contributed by atoms with Crippen molar-refractivity contribution in [2.75, 3.05) is 0 Å². The molecule has 0 fully saturated rings. The van der Waals surface area contributed by atoms with Gasteiger partial charge in [-0.2, -0.15) is 0 Å². The first-order valence-corrected chi connectivity index (χ1v) is 8.13. The van der Waals surface area contributed by atoms with Crippen LogP contribution < -0.4 is 5.73 Å². The summed E-state index contributed by atoms with van der Waals surface area (Å²) in [5.41, 5.74) is 10.1. The van der Waals surface area contributed by atoms with Crippen molar-refractivity contribution in [3.63, 3.8) is 0 Å². The highest BCUT2D eigenvalue weighted by Gasteiger charge is 2.15. The summed E-state index contributed by atoms with van der Waals surface area (Å²) >= 11 is 1.72.